The summed E-state index contributed by atoms with van der Waals surface area (Å²) in [6, 6.07) is 1.60. The van der Waals surface area contributed by atoms with E-state index < -0.39 is 4.92 Å². The second-order valence-electron chi connectivity index (χ2n) is 2.83. The van der Waals surface area contributed by atoms with Gasteiger partial charge in [-0.1, -0.05) is 0 Å². The van der Waals surface area contributed by atoms with E-state index >= 15 is 0 Å². The minimum Gasteiger partial charge on any atom is -0.368 e. The van der Waals surface area contributed by atoms with Crippen LogP contribution in [0.1, 0.15) is 0 Å². The van der Waals surface area contributed by atoms with Crippen LogP contribution in [-0.2, 0) is 0 Å². The summed E-state index contributed by atoms with van der Waals surface area (Å²) in [5.41, 5.74) is 5.91. The number of nitrogens with zero attached hydrogens (tertiary/aromatic N) is 3. The number of likely N-dealkylation sites (N-methyl/N-ethyl adjacent to an activating group) is 1. The van der Waals surface area contributed by atoms with Crippen LogP contribution < -0.4 is 10.6 Å². The van der Waals surface area contributed by atoms with E-state index in [2.05, 4.69) is 4.98 Å². The molecule has 0 aliphatic rings. The number of hydrogen-bond donors (Lipinski definition) is 1. The molecule has 2 N–H and O–H groups in total. The molecule has 0 saturated carbocycles. The fraction of sp³-hybridized carbons (Fsp3) is 0.375. The number of aromatic nitrogens is 1. The van der Waals surface area contributed by atoms with Gasteiger partial charge in [0.05, 0.1) is 4.92 Å². The van der Waals surface area contributed by atoms with Crippen molar-refractivity contribution >= 4 is 11.4 Å². The van der Waals surface area contributed by atoms with Gasteiger partial charge in [-0.05, 0) is 6.07 Å². The van der Waals surface area contributed by atoms with Crippen LogP contribution in [0.15, 0.2) is 18.5 Å². The van der Waals surface area contributed by atoms with Crippen molar-refractivity contribution in [3.63, 3.8) is 0 Å². The van der Waals surface area contributed by atoms with Gasteiger partial charge in [-0.2, -0.15) is 0 Å². The van der Waals surface area contributed by atoms with E-state index in [0.717, 1.165) is 0 Å². The standard InChI is InChI=1S/C8H12N4O2/c1-11(5-3-9)7-2-4-10-6-8(7)12(13)14/h2,4,6H,3,5,9H2,1H3. The zero-order valence-electron chi connectivity index (χ0n) is 7.88. The van der Waals surface area contributed by atoms with E-state index in [-0.39, 0.29) is 5.69 Å². The Morgan fingerprint density at radius 1 is 1.71 bits per heavy atom. The average molecular weight is 196 g/mol. The molecule has 0 atom stereocenters. The van der Waals surface area contributed by atoms with Crippen LogP contribution in [0.3, 0.4) is 0 Å². The SMILES string of the molecule is CN(CCN)c1ccncc1[N+](=O)[O-]. The van der Waals surface area contributed by atoms with Crippen molar-refractivity contribution in [1.29, 1.82) is 0 Å². The highest BCUT2D eigenvalue weighted by Crippen LogP contribution is 2.24. The molecular formula is C8H12N4O2. The van der Waals surface area contributed by atoms with Crippen LogP contribution in [-0.4, -0.2) is 30.0 Å². The summed E-state index contributed by atoms with van der Waals surface area (Å²) in [4.78, 5) is 15.6. The zero-order valence-corrected chi connectivity index (χ0v) is 7.88. The summed E-state index contributed by atoms with van der Waals surface area (Å²) in [6.45, 7) is 1.03. The second kappa shape index (κ2) is 4.52. The van der Waals surface area contributed by atoms with Gasteiger partial charge >= 0.3 is 5.69 Å². The molecule has 14 heavy (non-hydrogen) atoms. The predicted octanol–water partition coefficient (Wildman–Crippen LogP) is 0.385. The largest absolute Gasteiger partial charge is 0.368 e. The monoisotopic (exact) mass is 196 g/mol. The lowest BCUT2D eigenvalue weighted by atomic mass is 10.3. The van der Waals surface area contributed by atoms with Crippen LogP contribution in [0.2, 0.25) is 0 Å². The van der Waals surface area contributed by atoms with E-state index in [0.29, 0.717) is 18.8 Å². The first kappa shape index (κ1) is 10.4. The zero-order chi connectivity index (χ0) is 10.6. The van der Waals surface area contributed by atoms with E-state index in [1.807, 2.05) is 0 Å². The third-order valence-corrected chi connectivity index (χ3v) is 1.85. The number of nitrogens with two attached hydrogens (primary N) is 1. The lowest BCUT2D eigenvalue weighted by Crippen LogP contribution is -2.25. The van der Waals surface area contributed by atoms with Crippen LogP contribution in [0.25, 0.3) is 0 Å². The Hall–Kier alpha value is -1.69. The molecule has 0 aromatic carbocycles. The Labute approximate surface area is 81.5 Å². The Morgan fingerprint density at radius 2 is 2.43 bits per heavy atom. The predicted molar refractivity (Wildman–Crippen MR) is 53.2 cm³/mol. The Kier molecular flexibility index (Phi) is 3.35. The molecular weight excluding hydrogens is 184 g/mol. The molecule has 1 aromatic rings. The minimum atomic E-state index is -0.449. The van der Waals surface area contributed by atoms with E-state index in [1.54, 1.807) is 18.0 Å². The lowest BCUT2D eigenvalue weighted by molar-refractivity contribution is -0.384. The van der Waals surface area contributed by atoms with Gasteiger partial charge in [0.25, 0.3) is 0 Å². The maximum Gasteiger partial charge on any atom is 0.310 e. The van der Waals surface area contributed by atoms with E-state index in [4.69, 9.17) is 5.73 Å². The van der Waals surface area contributed by atoms with Crippen LogP contribution >= 0.6 is 0 Å². The first-order valence-electron chi connectivity index (χ1n) is 4.16. The van der Waals surface area contributed by atoms with Crippen LogP contribution in [0.4, 0.5) is 11.4 Å². The number of hydrogen-bond acceptors (Lipinski definition) is 5. The average Bonchev–Trinajstić information content (AvgIpc) is 2.18. The van der Waals surface area contributed by atoms with Crippen LogP contribution in [0, 0.1) is 10.1 Å². The second-order valence-corrected chi connectivity index (χ2v) is 2.83. The quantitative estimate of drug-likeness (QED) is 0.556. The summed E-state index contributed by atoms with van der Waals surface area (Å²) in [6.07, 6.45) is 2.76. The molecule has 1 rings (SSSR count). The van der Waals surface area contributed by atoms with Gasteiger partial charge < -0.3 is 10.6 Å². The number of nitro groups is 1. The lowest BCUT2D eigenvalue weighted by Gasteiger charge is -2.17. The summed E-state index contributed by atoms with van der Waals surface area (Å²) in [5.74, 6) is 0. The fourth-order valence-electron chi connectivity index (χ4n) is 1.16. The first-order chi connectivity index (χ1) is 6.66. The third kappa shape index (κ3) is 2.17. The smallest absolute Gasteiger partial charge is 0.310 e. The molecule has 0 amide bonds. The van der Waals surface area contributed by atoms with Gasteiger partial charge in [-0.3, -0.25) is 15.1 Å². The van der Waals surface area contributed by atoms with Crippen molar-refractivity contribution in [1.82, 2.24) is 4.98 Å². The normalized spacial score (nSPS) is 9.86. The van der Waals surface area contributed by atoms with Crippen molar-refractivity contribution < 1.29 is 4.92 Å². The first-order valence-corrected chi connectivity index (χ1v) is 4.16. The number of pyridine rings is 1. The molecule has 76 valence electrons. The summed E-state index contributed by atoms with van der Waals surface area (Å²) in [5, 5.41) is 10.6. The van der Waals surface area contributed by atoms with Gasteiger partial charge in [-0.15, -0.1) is 0 Å². The van der Waals surface area contributed by atoms with Crippen molar-refractivity contribution in [2.75, 3.05) is 25.0 Å². The molecule has 1 aromatic heterocycles. The molecule has 6 nitrogen and oxygen atoms in total. The molecule has 1 heterocycles. The molecule has 0 spiro atoms. The topological polar surface area (TPSA) is 85.3 Å². The molecule has 0 bridgehead atoms. The van der Waals surface area contributed by atoms with E-state index in [1.165, 1.54) is 12.4 Å². The van der Waals surface area contributed by atoms with Gasteiger partial charge in [0.1, 0.15) is 11.9 Å². The molecule has 0 aliphatic carbocycles. The van der Waals surface area contributed by atoms with Gasteiger partial charge in [0, 0.05) is 26.3 Å². The van der Waals surface area contributed by atoms with Crippen LogP contribution in [0.5, 0.6) is 0 Å². The number of anilines is 1. The maximum absolute atomic E-state index is 10.6. The van der Waals surface area contributed by atoms with Gasteiger partial charge in [-0.25, -0.2) is 0 Å². The third-order valence-electron chi connectivity index (χ3n) is 1.85. The van der Waals surface area contributed by atoms with Crippen molar-refractivity contribution in [3.05, 3.63) is 28.6 Å². The molecule has 0 fully saturated rings. The maximum atomic E-state index is 10.6. The summed E-state index contributed by atoms with van der Waals surface area (Å²) >= 11 is 0. The van der Waals surface area contributed by atoms with E-state index in [9.17, 15) is 10.1 Å². The highest BCUT2D eigenvalue weighted by atomic mass is 16.6. The van der Waals surface area contributed by atoms with Crippen molar-refractivity contribution in [2.45, 2.75) is 0 Å². The highest BCUT2D eigenvalue weighted by Gasteiger charge is 2.15. The summed E-state index contributed by atoms with van der Waals surface area (Å²) < 4.78 is 0. The Morgan fingerprint density at radius 3 is 3.00 bits per heavy atom. The molecule has 6 heteroatoms. The molecule has 0 unspecified atom stereocenters. The molecule has 0 aliphatic heterocycles. The van der Waals surface area contributed by atoms with Crippen molar-refractivity contribution in [3.8, 4) is 0 Å². The molecule has 0 radical (unpaired) electrons. The minimum absolute atomic E-state index is 0.00319. The summed E-state index contributed by atoms with van der Waals surface area (Å²) in [7, 11) is 1.76. The Bertz CT molecular complexity index is 329. The van der Waals surface area contributed by atoms with Crippen molar-refractivity contribution in [2.24, 2.45) is 5.73 Å². The van der Waals surface area contributed by atoms with Gasteiger partial charge in [0.15, 0.2) is 0 Å². The van der Waals surface area contributed by atoms with Gasteiger partial charge in [0.2, 0.25) is 0 Å². The Balaban J connectivity index is 3.00. The molecule has 0 saturated heterocycles. The number of rotatable bonds is 4. The highest BCUT2D eigenvalue weighted by molar-refractivity contribution is 5.61. The fourth-order valence-corrected chi connectivity index (χ4v) is 1.16.